The zero-order valence-electron chi connectivity index (χ0n) is 9.83. The quantitative estimate of drug-likeness (QED) is 0.586. The van der Waals surface area contributed by atoms with E-state index in [1.165, 1.54) is 33.9 Å². The summed E-state index contributed by atoms with van der Waals surface area (Å²) in [5.74, 6) is 0.657. The lowest BCUT2D eigenvalue weighted by Gasteiger charge is -2.22. The van der Waals surface area contributed by atoms with E-state index in [9.17, 15) is 0 Å². The van der Waals surface area contributed by atoms with Crippen molar-refractivity contribution in [2.75, 3.05) is 0 Å². The lowest BCUT2D eigenvalue weighted by atomic mass is 9.82. The molecule has 0 heteroatoms. The molecule has 0 nitrogen and oxygen atoms in total. The smallest absolute Gasteiger partial charge is 0.0109 e. The van der Waals surface area contributed by atoms with Crippen molar-refractivity contribution in [1.29, 1.82) is 0 Å². The van der Waals surface area contributed by atoms with Crippen molar-refractivity contribution in [3.05, 3.63) is 53.1 Å². The maximum absolute atomic E-state index is 2.36. The highest BCUT2D eigenvalue weighted by Gasteiger charge is 2.16. The molecule has 0 saturated heterocycles. The monoisotopic (exact) mass is 208 g/mol. The summed E-state index contributed by atoms with van der Waals surface area (Å²) in [4.78, 5) is 0. The normalized spacial score (nSPS) is 19.4. The van der Waals surface area contributed by atoms with E-state index in [4.69, 9.17) is 0 Å². The standard InChI is InChI=1S/C16H16/c1-11-9-12(2)14-8-7-13-5-3-4-6-15(13)16(14)10-11/h3-8,10,12H,9H2,1-2H3. The second kappa shape index (κ2) is 3.48. The van der Waals surface area contributed by atoms with E-state index in [1.54, 1.807) is 0 Å². The number of fused-ring (bicyclic) bond motifs is 3. The molecule has 0 N–H and O–H groups in total. The predicted octanol–water partition coefficient (Wildman–Crippen LogP) is 4.75. The highest BCUT2D eigenvalue weighted by molar-refractivity contribution is 5.93. The minimum absolute atomic E-state index is 0.657. The summed E-state index contributed by atoms with van der Waals surface area (Å²) in [7, 11) is 0. The molecular formula is C16H16. The van der Waals surface area contributed by atoms with Crippen LogP contribution in [0.25, 0.3) is 16.8 Å². The van der Waals surface area contributed by atoms with Gasteiger partial charge in [0.2, 0.25) is 0 Å². The summed E-state index contributed by atoms with van der Waals surface area (Å²) in [5.41, 5.74) is 4.44. The van der Waals surface area contributed by atoms with E-state index in [0.717, 1.165) is 0 Å². The van der Waals surface area contributed by atoms with Gasteiger partial charge in [-0.2, -0.15) is 0 Å². The van der Waals surface area contributed by atoms with Crippen LogP contribution in [-0.4, -0.2) is 0 Å². The number of hydrogen-bond acceptors (Lipinski definition) is 0. The number of rotatable bonds is 0. The van der Waals surface area contributed by atoms with E-state index in [-0.39, 0.29) is 0 Å². The minimum atomic E-state index is 0.657. The van der Waals surface area contributed by atoms with Gasteiger partial charge in [-0.1, -0.05) is 55.0 Å². The average molecular weight is 208 g/mol. The summed E-state index contributed by atoms with van der Waals surface area (Å²) >= 11 is 0. The molecule has 0 amide bonds. The molecule has 2 aromatic rings. The van der Waals surface area contributed by atoms with E-state index < -0.39 is 0 Å². The molecule has 0 aliphatic heterocycles. The molecule has 3 rings (SSSR count). The van der Waals surface area contributed by atoms with Gasteiger partial charge in [0, 0.05) is 0 Å². The molecule has 0 bridgehead atoms. The Labute approximate surface area is 96.6 Å². The van der Waals surface area contributed by atoms with Gasteiger partial charge in [0.25, 0.3) is 0 Å². The molecule has 1 aliphatic rings. The van der Waals surface area contributed by atoms with Gasteiger partial charge in [-0.15, -0.1) is 0 Å². The minimum Gasteiger partial charge on any atom is -0.0721 e. The van der Waals surface area contributed by atoms with Gasteiger partial charge in [0.15, 0.2) is 0 Å². The zero-order valence-corrected chi connectivity index (χ0v) is 9.83. The fourth-order valence-corrected chi connectivity index (χ4v) is 2.80. The summed E-state index contributed by atoms with van der Waals surface area (Å²) < 4.78 is 0. The lowest BCUT2D eigenvalue weighted by Crippen LogP contribution is -2.03. The van der Waals surface area contributed by atoms with Crippen molar-refractivity contribution in [2.45, 2.75) is 26.2 Å². The van der Waals surface area contributed by atoms with E-state index in [1.807, 2.05) is 0 Å². The number of hydrogen-bond donors (Lipinski definition) is 0. The SMILES string of the molecule is CC1=Cc2c(ccc3ccccc23)C(C)C1. The zero-order chi connectivity index (χ0) is 11.1. The molecule has 16 heavy (non-hydrogen) atoms. The van der Waals surface area contributed by atoms with E-state index in [2.05, 4.69) is 56.3 Å². The second-order valence-electron chi connectivity index (χ2n) is 4.89. The van der Waals surface area contributed by atoms with Gasteiger partial charge in [-0.05, 0) is 41.2 Å². The Morgan fingerprint density at radius 2 is 1.88 bits per heavy atom. The van der Waals surface area contributed by atoms with E-state index in [0.29, 0.717) is 5.92 Å². The third-order valence-electron chi connectivity index (χ3n) is 3.55. The van der Waals surface area contributed by atoms with Crippen LogP contribution in [0.2, 0.25) is 0 Å². The summed E-state index contributed by atoms with van der Waals surface area (Å²) in [6, 6.07) is 13.2. The molecular weight excluding hydrogens is 192 g/mol. The Kier molecular flexibility index (Phi) is 2.10. The third-order valence-corrected chi connectivity index (χ3v) is 3.55. The molecule has 0 radical (unpaired) electrons. The highest BCUT2D eigenvalue weighted by atomic mass is 14.2. The molecule has 2 aromatic carbocycles. The Morgan fingerprint density at radius 1 is 1.06 bits per heavy atom. The van der Waals surface area contributed by atoms with Crippen molar-refractivity contribution >= 4 is 16.8 Å². The van der Waals surface area contributed by atoms with Crippen molar-refractivity contribution in [1.82, 2.24) is 0 Å². The van der Waals surface area contributed by atoms with Crippen molar-refractivity contribution in [2.24, 2.45) is 0 Å². The topological polar surface area (TPSA) is 0 Å². The van der Waals surface area contributed by atoms with Crippen LogP contribution in [0.1, 0.15) is 37.3 Å². The van der Waals surface area contributed by atoms with Crippen LogP contribution in [0.3, 0.4) is 0 Å². The Bertz CT molecular complexity index is 576. The molecule has 0 fully saturated rings. The first-order valence-corrected chi connectivity index (χ1v) is 5.94. The maximum atomic E-state index is 2.36. The average Bonchev–Trinajstić information content (AvgIpc) is 2.28. The first-order valence-electron chi connectivity index (χ1n) is 5.94. The fraction of sp³-hybridized carbons (Fsp3) is 0.250. The van der Waals surface area contributed by atoms with Crippen molar-refractivity contribution < 1.29 is 0 Å². The van der Waals surface area contributed by atoms with Crippen LogP contribution in [0, 0.1) is 0 Å². The maximum Gasteiger partial charge on any atom is -0.0109 e. The Balaban J connectivity index is 2.39. The van der Waals surface area contributed by atoms with Gasteiger partial charge in [-0.25, -0.2) is 0 Å². The van der Waals surface area contributed by atoms with Gasteiger partial charge in [0.1, 0.15) is 0 Å². The fourth-order valence-electron chi connectivity index (χ4n) is 2.80. The molecule has 1 unspecified atom stereocenters. The Hall–Kier alpha value is -1.56. The van der Waals surface area contributed by atoms with Gasteiger partial charge >= 0.3 is 0 Å². The molecule has 0 heterocycles. The molecule has 0 aromatic heterocycles. The van der Waals surface area contributed by atoms with Crippen LogP contribution in [0.4, 0.5) is 0 Å². The summed E-state index contributed by atoms with van der Waals surface area (Å²) in [6.07, 6.45) is 3.56. The predicted molar refractivity (Wildman–Crippen MR) is 70.6 cm³/mol. The second-order valence-corrected chi connectivity index (χ2v) is 4.89. The third kappa shape index (κ3) is 1.37. The van der Waals surface area contributed by atoms with Crippen LogP contribution >= 0.6 is 0 Å². The molecule has 0 saturated carbocycles. The first-order chi connectivity index (χ1) is 7.75. The van der Waals surface area contributed by atoms with Crippen LogP contribution < -0.4 is 0 Å². The number of benzene rings is 2. The molecule has 1 aliphatic carbocycles. The number of allylic oxidation sites excluding steroid dienone is 1. The van der Waals surface area contributed by atoms with Crippen LogP contribution in [0.15, 0.2) is 42.0 Å². The van der Waals surface area contributed by atoms with E-state index >= 15 is 0 Å². The van der Waals surface area contributed by atoms with Gasteiger partial charge < -0.3 is 0 Å². The summed E-state index contributed by atoms with van der Waals surface area (Å²) in [6.45, 7) is 4.56. The van der Waals surface area contributed by atoms with Gasteiger partial charge in [-0.3, -0.25) is 0 Å². The van der Waals surface area contributed by atoms with Crippen molar-refractivity contribution in [3.63, 3.8) is 0 Å². The molecule has 1 atom stereocenters. The first kappa shape index (κ1) is 9.65. The molecule has 80 valence electrons. The van der Waals surface area contributed by atoms with Gasteiger partial charge in [0.05, 0.1) is 0 Å². The highest BCUT2D eigenvalue weighted by Crippen LogP contribution is 2.36. The lowest BCUT2D eigenvalue weighted by molar-refractivity contribution is 0.744. The van der Waals surface area contributed by atoms with Crippen molar-refractivity contribution in [3.8, 4) is 0 Å². The van der Waals surface area contributed by atoms with Crippen LogP contribution in [-0.2, 0) is 0 Å². The molecule has 0 spiro atoms. The van der Waals surface area contributed by atoms with Crippen LogP contribution in [0.5, 0.6) is 0 Å². The largest absolute Gasteiger partial charge is 0.0721 e. The Morgan fingerprint density at radius 3 is 2.75 bits per heavy atom. The summed E-state index contributed by atoms with van der Waals surface area (Å²) in [5, 5.41) is 2.74.